The standard InChI is InChI=1S/C27H32N6O2/c1-5-7-16-33-25(18(3)4)24(27(34)35-6-2)23(30-33)17-19-12-14-20(15-13-19)21-10-8-9-11-22(21)26-28-31-32-29-26/h8-15,18H,5-7,16-17H2,1-4H3,(H,28,29,31,32). The number of esters is 1. The Morgan fingerprint density at radius 1 is 1.06 bits per heavy atom. The zero-order valence-electron chi connectivity index (χ0n) is 20.8. The Bertz CT molecular complexity index is 1260. The summed E-state index contributed by atoms with van der Waals surface area (Å²) in [5.41, 5.74) is 6.40. The Labute approximate surface area is 205 Å². The largest absolute Gasteiger partial charge is 0.462 e. The van der Waals surface area contributed by atoms with Gasteiger partial charge in [0, 0.05) is 18.5 Å². The molecule has 0 atom stereocenters. The van der Waals surface area contributed by atoms with Gasteiger partial charge in [0.05, 0.1) is 18.0 Å². The molecule has 0 spiro atoms. The van der Waals surface area contributed by atoms with Crippen LogP contribution in [-0.4, -0.2) is 43.0 Å². The topological polar surface area (TPSA) is 98.6 Å². The first-order valence-corrected chi connectivity index (χ1v) is 12.2. The van der Waals surface area contributed by atoms with Gasteiger partial charge in [-0.3, -0.25) is 4.68 Å². The molecule has 4 rings (SSSR count). The van der Waals surface area contributed by atoms with E-state index in [9.17, 15) is 4.79 Å². The molecule has 0 radical (unpaired) electrons. The minimum atomic E-state index is -0.292. The fraction of sp³-hybridized carbons (Fsp3) is 0.370. The Morgan fingerprint density at radius 2 is 1.80 bits per heavy atom. The maximum absolute atomic E-state index is 13.0. The maximum Gasteiger partial charge on any atom is 0.341 e. The molecule has 1 N–H and O–H groups in total. The molecule has 0 saturated carbocycles. The highest BCUT2D eigenvalue weighted by molar-refractivity contribution is 5.92. The van der Waals surface area contributed by atoms with Crippen molar-refractivity contribution in [3.05, 3.63) is 71.0 Å². The molecule has 35 heavy (non-hydrogen) atoms. The van der Waals surface area contributed by atoms with Crippen LogP contribution in [0.2, 0.25) is 0 Å². The van der Waals surface area contributed by atoms with Crippen LogP contribution in [0.4, 0.5) is 0 Å². The first-order valence-electron chi connectivity index (χ1n) is 12.2. The summed E-state index contributed by atoms with van der Waals surface area (Å²) >= 11 is 0. The van der Waals surface area contributed by atoms with E-state index >= 15 is 0 Å². The van der Waals surface area contributed by atoms with Crippen molar-refractivity contribution >= 4 is 5.97 Å². The number of unbranched alkanes of at least 4 members (excludes halogenated alkanes) is 1. The zero-order chi connectivity index (χ0) is 24.8. The second kappa shape index (κ2) is 11.1. The number of benzene rings is 2. The molecule has 0 unspecified atom stereocenters. The van der Waals surface area contributed by atoms with Gasteiger partial charge in [-0.05, 0) is 41.2 Å². The van der Waals surface area contributed by atoms with Gasteiger partial charge in [0.2, 0.25) is 5.82 Å². The Balaban J connectivity index is 1.67. The lowest BCUT2D eigenvalue weighted by atomic mass is 9.96. The van der Waals surface area contributed by atoms with E-state index in [4.69, 9.17) is 9.84 Å². The van der Waals surface area contributed by atoms with Crippen LogP contribution >= 0.6 is 0 Å². The maximum atomic E-state index is 13.0. The van der Waals surface area contributed by atoms with Crippen LogP contribution in [0.15, 0.2) is 48.5 Å². The number of carbonyl (C=O) groups is 1. The number of hydrogen-bond donors (Lipinski definition) is 1. The van der Waals surface area contributed by atoms with Gasteiger partial charge >= 0.3 is 5.97 Å². The van der Waals surface area contributed by atoms with Crippen molar-refractivity contribution in [2.75, 3.05) is 6.61 Å². The molecule has 2 aromatic carbocycles. The molecule has 182 valence electrons. The predicted octanol–water partition coefficient (Wildman–Crippen LogP) is 5.42. The van der Waals surface area contributed by atoms with Crippen LogP contribution < -0.4 is 0 Å². The molecule has 2 aromatic heterocycles. The van der Waals surface area contributed by atoms with Crippen LogP contribution in [0.5, 0.6) is 0 Å². The minimum Gasteiger partial charge on any atom is -0.462 e. The van der Waals surface area contributed by atoms with Gasteiger partial charge in [-0.2, -0.15) is 10.3 Å². The monoisotopic (exact) mass is 472 g/mol. The van der Waals surface area contributed by atoms with Crippen molar-refractivity contribution in [3.8, 4) is 22.5 Å². The first kappa shape index (κ1) is 24.3. The minimum absolute atomic E-state index is 0.163. The summed E-state index contributed by atoms with van der Waals surface area (Å²) in [6.07, 6.45) is 2.63. The number of tetrazole rings is 1. The molecular weight excluding hydrogens is 440 g/mol. The molecule has 0 aliphatic rings. The van der Waals surface area contributed by atoms with E-state index in [0.717, 1.165) is 53.0 Å². The van der Waals surface area contributed by atoms with E-state index in [1.165, 1.54) is 0 Å². The second-order valence-corrected chi connectivity index (χ2v) is 8.81. The third-order valence-corrected chi connectivity index (χ3v) is 5.96. The molecule has 0 amide bonds. The van der Waals surface area contributed by atoms with Gasteiger partial charge < -0.3 is 4.74 Å². The third-order valence-electron chi connectivity index (χ3n) is 5.96. The van der Waals surface area contributed by atoms with Gasteiger partial charge in [0.25, 0.3) is 0 Å². The van der Waals surface area contributed by atoms with E-state index in [-0.39, 0.29) is 11.9 Å². The van der Waals surface area contributed by atoms with Crippen molar-refractivity contribution in [1.29, 1.82) is 0 Å². The molecule has 8 heteroatoms. The summed E-state index contributed by atoms with van der Waals surface area (Å²) in [6.45, 7) is 9.32. The third kappa shape index (κ3) is 5.31. The number of nitrogens with one attached hydrogen (secondary N) is 1. The summed E-state index contributed by atoms with van der Waals surface area (Å²) < 4.78 is 7.43. The molecular formula is C27H32N6O2. The van der Waals surface area contributed by atoms with E-state index in [0.29, 0.717) is 24.4 Å². The summed E-state index contributed by atoms with van der Waals surface area (Å²) in [6, 6.07) is 16.3. The van der Waals surface area contributed by atoms with E-state index in [1.807, 2.05) is 35.9 Å². The normalized spacial score (nSPS) is 11.2. The number of ether oxygens (including phenoxy) is 1. The number of carbonyl (C=O) groups excluding carboxylic acids is 1. The first-order chi connectivity index (χ1) is 17.0. The highest BCUT2D eigenvalue weighted by atomic mass is 16.5. The molecule has 0 saturated heterocycles. The smallest absolute Gasteiger partial charge is 0.341 e. The molecule has 4 aromatic rings. The number of rotatable bonds is 10. The Morgan fingerprint density at radius 3 is 2.43 bits per heavy atom. The van der Waals surface area contributed by atoms with Crippen molar-refractivity contribution in [2.24, 2.45) is 0 Å². The van der Waals surface area contributed by atoms with Crippen LogP contribution in [0.1, 0.15) is 73.8 Å². The molecule has 0 fully saturated rings. The van der Waals surface area contributed by atoms with E-state index in [1.54, 1.807) is 0 Å². The fourth-order valence-corrected chi connectivity index (χ4v) is 4.34. The van der Waals surface area contributed by atoms with Gasteiger partial charge in [-0.1, -0.05) is 75.7 Å². The molecule has 0 bridgehead atoms. The predicted molar refractivity (Wildman–Crippen MR) is 135 cm³/mol. The second-order valence-electron chi connectivity index (χ2n) is 8.81. The number of aromatic nitrogens is 6. The van der Waals surface area contributed by atoms with Crippen LogP contribution in [0.3, 0.4) is 0 Å². The SMILES string of the molecule is CCCCn1nc(Cc2ccc(-c3ccccc3-c3nn[nH]n3)cc2)c(C(=O)OCC)c1C(C)C. The van der Waals surface area contributed by atoms with Gasteiger partial charge in [-0.15, -0.1) is 10.2 Å². The quantitative estimate of drug-likeness (QED) is 0.309. The number of nitrogens with zero attached hydrogens (tertiary/aromatic N) is 5. The van der Waals surface area contributed by atoms with Crippen molar-refractivity contribution < 1.29 is 9.53 Å². The Kier molecular flexibility index (Phi) is 7.70. The van der Waals surface area contributed by atoms with E-state index in [2.05, 4.69) is 65.7 Å². The highest BCUT2D eigenvalue weighted by Gasteiger charge is 2.26. The van der Waals surface area contributed by atoms with E-state index < -0.39 is 0 Å². The summed E-state index contributed by atoms with van der Waals surface area (Å²) in [5.74, 6) is 0.429. The van der Waals surface area contributed by atoms with Gasteiger partial charge in [-0.25, -0.2) is 4.79 Å². The Hall–Kier alpha value is -3.81. The summed E-state index contributed by atoms with van der Waals surface area (Å²) in [5, 5.41) is 19.4. The van der Waals surface area contributed by atoms with Crippen LogP contribution in [-0.2, 0) is 17.7 Å². The summed E-state index contributed by atoms with van der Waals surface area (Å²) in [4.78, 5) is 13.0. The van der Waals surface area contributed by atoms with Crippen molar-refractivity contribution in [2.45, 2.75) is 59.4 Å². The lowest BCUT2D eigenvalue weighted by molar-refractivity contribution is 0.0523. The molecule has 2 heterocycles. The number of hydrogen-bond acceptors (Lipinski definition) is 6. The van der Waals surface area contributed by atoms with Gasteiger partial charge in [0.1, 0.15) is 5.56 Å². The fourth-order valence-electron chi connectivity index (χ4n) is 4.34. The zero-order valence-corrected chi connectivity index (χ0v) is 20.8. The van der Waals surface area contributed by atoms with Gasteiger partial charge in [0.15, 0.2) is 0 Å². The van der Waals surface area contributed by atoms with Crippen LogP contribution in [0.25, 0.3) is 22.5 Å². The molecule has 0 aliphatic carbocycles. The number of aryl methyl sites for hydroxylation is 1. The van der Waals surface area contributed by atoms with Crippen molar-refractivity contribution in [1.82, 2.24) is 30.4 Å². The number of H-pyrrole nitrogens is 1. The summed E-state index contributed by atoms with van der Waals surface area (Å²) in [7, 11) is 0. The van der Waals surface area contributed by atoms with Crippen molar-refractivity contribution in [3.63, 3.8) is 0 Å². The average Bonchev–Trinajstić information content (AvgIpc) is 3.52. The van der Waals surface area contributed by atoms with Crippen LogP contribution in [0, 0.1) is 0 Å². The molecule has 8 nitrogen and oxygen atoms in total. The highest BCUT2D eigenvalue weighted by Crippen LogP contribution is 2.31. The average molecular weight is 473 g/mol. The molecule has 0 aliphatic heterocycles. The lowest BCUT2D eigenvalue weighted by Crippen LogP contribution is -2.12. The lowest BCUT2D eigenvalue weighted by Gasteiger charge is -2.12. The number of aromatic amines is 1.